The highest BCUT2D eigenvalue weighted by molar-refractivity contribution is 7.89. The van der Waals surface area contributed by atoms with Gasteiger partial charge >= 0.3 is 0 Å². The molecule has 0 radical (unpaired) electrons. The van der Waals surface area contributed by atoms with Gasteiger partial charge in [0, 0.05) is 11.6 Å². The Labute approximate surface area is 148 Å². The van der Waals surface area contributed by atoms with E-state index in [1.807, 2.05) is 6.92 Å². The Morgan fingerprint density at radius 3 is 2.16 bits per heavy atom. The van der Waals surface area contributed by atoms with Crippen molar-refractivity contribution in [2.45, 2.75) is 24.8 Å². The third kappa shape index (κ3) is 4.24. The average Bonchev–Trinajstić information content (AvgIpc) is 2.60. The van der Waals surface area contributed by atoms with Crippen LogP contribution in [0.15, 0.2) is 41.3 Å². The van der Waals surface area contributed by atoms with Gasteiger partial charge in [0.25, 0.3) is 0 Å². The quantitative estimate of drug-likeness (QED) is 0.816. The first kappa shape index (κ1) is 19.1. The summed E-state index contributed by atoms with van der Waals surface area (Å²) in [5.74, 6) is 1.49. The molecule has 0 saturated heterocycles. The van der Waals surface area contributed by atoms with Gasteiger partial charge in [0.1, 0.15) is 22.1 Å². The SMILES string of the molecule is COc1ccc(OC)c([C@H](C)NS(=O)(=O)c2cc(C)ccc2OC)c1. The van der Waals surface area contributed by atoms with Crippen molar-refractivity contribution in [1.82, 2.24) is 4.72 Å². The summed E-state index contributed by atoms with van der Waals surface area (Å²) >= 11 is 0. The molecule has 0 aromatic heterocycles. The van der Waals surface area contributed by atoms with Crippen molar-refractivity contribution in [2.24, 2.45) is 0 Å². The zero-order valence-electron chi connectivity index (χ0n) is 15.0. The fourth-order valence-corrected chi connectivity index (χ4v) is 4.01. The molecule has 0 aliphatic heterocycles. The first-order valence-electron chi connectivity index (χ1n) is 7.71. The predicted molar refractivity (Wildman–Crippen MR) is 96.0 cm³/mol. The first-order chi connectivity index (χ1) is 11.8. The minimum Gasteiger partial charge on any atom is -0.497 e. The molecule has 0 aliphatic carbocycles. The lowest BCUT2D eigenvalue weighted by atomic mass is 10.1. The van der Waals surface area contributed by atoms with E-state index in [0.717, 1.165) is 5.56 Å². The third-order valence-electron chi connectivity index (χ3n) is 3.84. The van der Waals surface area contributed by atoms with Gasteiger partial charge in [-0.05, 0) is 49.7 Å². The largest absolute Gasteiger partial charge is 0.497 e. The number of aryl methyl sites for hydroxylation is 1. The Morgan fingerprint density at radius 2 is 1.56 bits per heavy atom. The summed E-state index contributed by atoms with van der Waals surface area (Å²) in [6.45, 7) is 3.57. The Hall–Kier alpha value is -2.25. The number of rotatable bonds is 7. The molecule has 0 aliphatic rings. The summed E-state index contributed by atoms with van der Waals surface area (Å²) in [4.78, 5) is 0.101. The maximum absolute atomic E-state index is 12.8. The lowest BCUT2D eigenvalue weighted by Gasteiger charge is -2.19. The van der Waals surface area contributed by atoms with Crippen LogP contribution in [0.5, 0.6) is 17.2 Å². The van der Waals surface area contributed by atoms with Crippen molar-refractivity contribution in [1.29, 1.82) is 0 Å². The van der Waals surface area contributed by atoms with E-state index in [1.54, 1.807) is 50.4 Å². The van der Waals surface area contributed by atoms with E-state index in [1.165, 1.54) is 14.2 Å². The van der Waals surface area contributed by atoms with Crippen molar-refractivity contribution in [2.75, 3.05) is 21.3 Å². The van der Waals surface area contributed by atoms with E-state index < -0.39 is 16.1 Å². The zero-order chi connectivity index (χ0) is 18.6. The molecule has 2 aromatic rings. The Kier molecular flexibility index (Phi) is 5.92. The van der Waals surface area contributed by atoms with Gasteiger partial charge in [0.15, 0.2) is 0 Å². The topological polar surface area (TPSA) is 73.9 Å². The molecule has 0 bridgehead atoms. The number of nitrogens with one attached hydrogen (secondary N) is 1. The third-order valence-corrected chi connectivity index (χ3v) is 5.41. The van der Waals surface area contributed by atoms with Crippen LogP contribution in [0.2, 0.25) is 0 Å². The molecule has 2 aromatic carbocycles. The molecule has 25 heavy (non-hydrogen) atoms. The highest BCUT2D eigenvalue weighted by Crippen LogP contribution is 2.31. The van der Waals surface area contributed by atoms with E-state index in [2.05, 4.69) is 4.72 Å². The van der Waals surface area contributed by atoms with Crippen LogP contribution in [0.4, 0.5) is 0 Å². The van der Waals surface area contributed by atoms with Crippen LogP contribution in [-0.4, -0.2) is 29.7 Å². The van der Waals surface area contributed by atoms with Crippen LogP contribution in [-0.2, 0) is 10.0 Å². The number of hydrogen-bond donors (Lipinski definition) is 1. The average molecular weight is 365 g/mol. The maximum Gasteiger partial charge on any atom is 0.244 e. The molecule has 1 N–H and O–H groups in total. The van der Waals surface area contributed by atoms with Crippen molar-refractivity contribution in [3.63, 3.8) is 0 Å². The molecule has 136 valence electrons. The molecule has 0 saturated carbocycles. The molecule has 0 heterocycles. The minimum absolute atomic E-state index is 0.101. The second-order valence-electron chi connectivity index (χ2n) is 5.61. The monoisotopic (exact) mass is 365 g/mol. The molecule has 7 heteroatoms. The van der Waals surface area contributed by atoms with Gasteiger partial charge in [-0.15, -0.1) is 0 Å². The summed E-state index contributed by atoms with van der Waals surface area (Å²) in [6, 6.07) is 9.74. The summed E-state index contributed by atoms with van der Waals surface area (Å²) in [5, 5.41) is 0. The summed E-state index contributed by atoms with van der Waals surface area (Å²) in [7, 11) is 0.745. The molecular weight excluding hydrogens is 342 g/mol. The van der Waals surface area contributed by atoms with Crippen LogP contribution in [0, 0.1) is 6.92 Å². The molecule has 0 amide bonds. The Morgan fingerprint density at radius 1 is 0.920 bits per heavy atom. The molecule has 1 atom stereocenters. The molecule has 0 fully saturated rings. The summed E-state index contributed by atoms with van der Waals surface area (Å²) in [5.41, 5.74) is 1.50. The number of benzene rings is 2. The Balaban J connectivity index is 2.40. The van der Waals surface area contributed by atoms with E-state index in [4.69, 9.17) is 14.2 Å². The van der Waals surface area contributed by atoms with E-state index >= 15 is 0 Å². The molecule has 0 spiro atoms. The maximum atomic E-state index is 12.8. The van der Waals surface area contributed by atoms with E-state index in [0.29, 0.717) is 22.8 Å². The van der Waals surface area contributed by atoms with Crippen molar-refractivity contribution in [3.8, 4) is 17.2 Å². The second kappa shape index (κ2) is 7.76. The van der Waals surface area contributed by atoms with Gasteiger partial charge in [0.2, 0.25) is 10.0 Å². The lowest BCUT2D eigenvalue weighted by molar-refractivity contribution is 0.394. The normalized spacial score (nSPS) is 12.5. The number of sulfonamides is 1. The molecule has 2 rings (SSSR count). The standard InChI is InChI=1S/C18H23NO5S/c1-12-6-8-17(24-5)18(10-12)25(20,21)19-13(2)15-11-14(22-3)7-9-16(15)23-4/h6-11,13,19H,1-5H3/t13-/m0/s1. The Bertz CT molecular complexity index is 849. The number of methoxy groups -OCH3 is 3. The molecule has 6 nitrogen and oxygen atoms in total. The second-order valence-corrected chi connectivity index (χ2v) is 7.29. The fraction of sp³-hybridized carbons (Fsp3) is 0.333. The number of hydrogen-bond acceptors (Lipinski definition) is 5. The van der Waals surface area contributed by atoms with Gasteiger partial charge < -0.3 is 14.2 Å². The summed E-state index contributed by atoms with van der Waals surface area (Å²) in [6.07, 6.45) is 0. The first-order valence-corrected chi connectivity index (χ1v) is 9.19. The zero-order valence-corrected chi connectivity index (χ0v) is 15.8. The fourth-order valence-electron chi connectivity index (χ4n) is 2.53. The number of ether oxygens (including phenoxy) is 3. The predicted octanol–water partition coefficient (Wildman–Crippen LogP) is 3.06. The van der Waals surface area contributed by atoms with Crippen LogP contribution in [0.3, 0.4) is 0 Å². The van der Waals surface area contributed by atoms with E-state index in [9.17, 15) is 8.42 Å². The van der Waals surface area contributed by atoms with Crippen LogP contribution < -0.4 is 18.9 Å². The van der Waals surface area contributed by atoms with Crippen molar-refractivity contribution >= 4 is 10.0 Å². The molecule has 0 unspecified atom stereocenters. The van der Waals surface area contributed by atoms with Gasteiger partial charge in [-0.3, -0.25) is 0 Å². The van der Waals surface area contributed by atoms with Gasteiger partial charge in [0.05, 0.1) is 21.3 Å². The molecular formula is C18H23NO5S. The van der Waals surface area contributed by atoms with Crippen molar-refractivity contribution < 1.29 is 22.6 Å². The van der Waals surface area contributed by atoms with Crippen LogP contribution in [0.1, 0.15) is 24.1 Å². The van der Waals surface area contributed by atoms with Crippen LogP contribution >= 0.6 is 0 Å². The van der Waals surface area contributed by atoms with Gasteiger partial charge in [-0.1, -0.05) is 6.07 Å². The van der Waals surface area contributed by atoms with Crippen LogP contribution in [0.25, 0.3) is 0 Å². The van der Waals surface area contributed by atoms with Crippen molar-refractivity contribution in [3.05, 3.63) is 47.5 Å². The van der Waals surface area contributed by atoms with Gasteiger partial charge in [-0.2, -0.15) is 0 Å². The lowest BCUT2D eigenvalue weighted by Crippen LogP contribution is -2.27. The van der Waals surface area contributed by atoms with E-state index in [-0.39, 0.29) is 4.90 Å². The highest BCUT2D eigenvalue weighted by Gasteiger charge is 2.24. The smallest absolute Gasteiger partial charge is 0.244 e. The minimum atomic E-state index is -3.79. The highest BCUT2D eigenvalue weighted by atomic mass is 32.2. The summed E-state index contributed by atoms with van der Waals surface area (Å²) < 4.78 is 44.1. The van der Waals surface area contributed by atoms with Gasteiger partial charge in [-0.25, -0.2) is 13.1 Å².